The number of benzene rings is 2. The van der Waals surface area contributed by atoms with Gasteiger partial charge < -0.3 is 5.11 Å². The number of hydrogen-bond donors (Lipinski definition) is 2. The first-order valence-corrected chi connectivity index (χ1v) is 9.64. The first kappa shape index (κ1) is 18.1. The van der Waals surface area contributed by atoms with E-state index in [9.17, 15) is 13.5 Å². The maximum Gasteiger partial charge on any atom is 0.215 e. The number of aliphatic hydroxyl groups is 1. The van der Waals surface area contributed by atoms with Crippen molar-refractivity contribution in [2.45, 2.75) is 25.2 Å². The van der Waals surface area contributed by atoms with Gasteiger partial charge in [0.15, 0.2) is 0 Å². The van der Waals surface area contributed by atoms with Crippen LogP contribution in [0.5, 0.6) is 0 Å². The van der Waals surface area contributed by atoms with Crippen molar-refractivity contribution in [3.63, 3.8) is 0 Å². The van der Waals surface area contributed by atoms with Gasteiger partial charge in [0.25, 0.3) is 0 Å². The third-order valence-electron chi connectivity index (χ3n) is 3.54. The monoisotopic (exact) mass is 397 g/mol. The second-order valence-corrected chi connectivity index (χ2v) is 8.57. The largest absolute Gasteiger partial charge is 0.384 e. The fraction of sp³-hybridized carbons (Fsp3) is 0.294. The van der Waals surface area contributed by atoms with Crippen LogP contribution < -0.4 is 4.72 Å². The molecule has 0 spiro atoms. The van der Waals surface area contributed by atoms with Gasteiger partial charge in [-0.15, -0.1) is 0 Å². The standard InChI is InChI=1S/C17H20BrNO3S/c1-13-4-3-5-14(10-13)11-23(21,22)19-12-17(2,20)15-6-8-16(18)9-7-15/h3-10,19-20H,11-12H2,1-2H3. The highest BCUT2D eigenvalue weighted by molar-refractivity contribution is 9.10. The molecule has 23 heavy (non-hydrogen) atoms. The van der Waals surface area contributed by atoms with Gasteiger partial charge in [0, 0.05) is 11.0 Å². The van der Waals surface area contributed by atoms with E-state index in [-0.39, 0.29) is 12.3 Å². The summed E-state index contributed by atoms with van der Waals surface area (Å²) in [5, 5.41) is 10.5. The van der Waals surface area contributed by atoms with Gasteiger partial charge in [-0.05, 0) is 37.1 Å². The SMILES string of the molecule is Cc1cccc(CS(=O)(=O)NCC(C)(O)c2ccc(Br)cc2)c1. The molecule has 2 N–H and O–H groups in total. The number of aryl methyl sites for hydroxylation is 1. The highest BCUT2D eigenvalue weighted by Gasteiger charge is 2.25. The summed E-state index contributed by atoms with van der Waals surface area (Å²) in [7, 11) is -3.52. The maximum absolute atomic E-state index is 12.2. The maximum atomic E-state index is 12.2. The molecule has 1 atom stereocenters. The van der Waals surface area contributed by atoms with Crippen molar-refractivity contribution in [2.24, 2.45) is 0 Å². The van der Waals surface area contributed by atoms with Crippen LogP contribution in [-0.4, -0.2) is 20.1 Å². The normalized spacial score (nSPS) is 14.4. The molecule has 0 bridgehead atoms. The van der Waals surface area contributed by atoms with Gasteiger partial charge in [-0.25, -0.2) is 13.1 Å². The quantitative estimate of drug-likeness (QED) is 0.786. The lowest BCUT2D eigenvalue weighted by molar-refractivity contribution is 0.0627. The summed E-state index contributed by atoms with van der Waals surface area (Å²) in [6.07, 6.45) is 0. The zero-order valence-electron chi connectivity index (χ0n) is 13.1. The van der Waals surface area contributed by atoms with Crippen LogP contribution in [0.15, 0.2) is 53.0 Å². The van der Waals surface area contributed by atoms with E-state index >= 15 is 0 Å². The molecule has 2 aromatic rings. The Morgan fingerprint density at radius 3 is 2.43 bits per heavy atom. The van der Waals surface area contributed by atoms with Gasteiger partial charge in [-0.3, -0.25) is 0 Å². The third kappa shape index (κ3) is 5.42. The van der Waals surface area contributed by atoms with Gasteiger partial charge in [-0.2, -0.15) is 0 Å². The number of sulfonamides is 1. The Hall–Kier alpha value is -1.21. The molecule has 0 saturated carbocycles. The first-order valence-electron chi connectivity index (χ1n) is 7.19. The fourth-order valence-electron chi connectivity index (χ4n) is 2.23. The minimum atomic E-state index is -3.52. The van der Waals surface area contributed by atoms with E-state index in [4.69, 9.17) is 0 Å². The van der Waals surface area contributed by atoms with Gasteiger partial charge in [-0.1, -0.05) is 57.9 Å². The summed E-state index contributed by atoms with van der Waals surface area (Å²) in [5.74, 6) is -0.106. The highest BCUT2D eigenvalue weighted by atomic mass is 79.9. The van der Waals surface area contributed by atoms with Crippen LogP contribution in [0.3, 0.4) is 0 Å². The Morgan fingerprint density at radius 1 is 1.17 bits per heavy atom. The third-order valence-corrected chi connectivity index (χ3v) is 5.37. The van der Waals surface area contributed by atoms with Crippen LogP contribution in [0.1, 0.15) is 23.6 Å². The lowest BCUT2D eigenvalue weighted by atomic mass is 9.97. The Labute approximate surface area is 145 Å². The Bertz CT molecular complexity index is 771. The number of rotatable bonds is 6. The summed E-state index contributed by atoms with van der Waals surface area (Å²) in [6.45, 7) is 3.43. The first-order chi connectivity index (χ1) is 10.7. The van der Waals surface area contributed by atoms with Crippen LogP contribution in [0.25, 0.3) is 0 Å². The average molecular weight is 398 g/mol. The molecule has 0 aliphatic rings. The predicted octanol–water partition coefficient (Wildman–Crippen LogP) is 3.08. The Balaban J connectivity index is 2.04. The lowest BCUT2D eigenvalue weighted by Gasteiger charge is -2.24. The molecule has 0 fully saturated rings. The van der Waals surface area contributed by atoms with Crippen LogP contribution in [0, 0.1) is 6.92 Å². The van der Waals surface area contributed by atoms with E-state index in [0.717, 1.165) is 15.6 Å². The van der Waals surface area contributed by atoms with Crippen molar-refractivity contribution in [1.29, 1.82) is 0 Å². The zero-order chi connectivity index (χ0) is 17.1. The van der Waals surface area contributed by atoms with E-state index < -0.39 is 15.6 Å². The second-order valence-electron chi connectivity index (χ2n) is 5.85. The average Bonchev–Trinajstić information content (AvgIpc) is 2.45. The molecule has 0 saturated heterocycles. The smallest absolute Gasteiger partial charge is 0.215 e. The summed E-state index contributed by atoms with van der Waals surface area (Å²) in [4.78, 5) is 0. The summed E-state index contributed by atoms with van der Waals surface area (Å²) in [5.41, 5.74) is 1.11. The van der Waals surface area contributed by atoms with Crippen molar-refractivity contribution in [1.82, 2.24) is 4.72 Å². The minimum absolute atomic E-state index is 0.0806. The Morgan fingerprint density at radius 2 is 1.83 bits per heavy atom. The molecular weight excluding hydrogens is 378 g/mol. The van der Waals surface area contributed by atoms with Crippen molar-refractivity contribution in [3.05, 3.63) is 69.7 Å². The molecule has 6 heteroatoms. The van der Waals surface area contributed by atoms with Crippen LogP contribution in [-0.2, 0) is 21.4 Å². The topological polar surface area (TPSA) is 66.4 Å². The Kier molecular flexibility index (Phi) is 5.62. The van der Waals surface area contributed by atoms with Crippen molar-refractivity contribution in [2.75, 3.05) is 6.54 Å². The van der Waals surface area contributed by atoms with Gasteiger partial charge >= 0.3 is 0 Å². The molecule has 2 aromatic carbocycles. The number of halogens is 1. The van der Waals surface area contributed by atoms with Crippen LogP contribution in [0.2, 0.25) is 0 Å². The minimum Gasteiger partial charge on any atom is -0.384 e. The van der Waals surface area contributed by atoms with Crippen LogP contribution >= 0.6 is 15.9 Å². The van der Waals surface area contributed by atoms with Gasteiger partial charge in [0.1, 0.15) is 5.60 Å². The van der Waals surface area contributed by atoms with Crippen LogP contribution in [0.4, 0.5) is 0 Å². The van der Waals surface area contributed by atoms with Crippen molar-refractivity contribution < 1.29 is 13.5 Å². The van der Waals surface area contributed by atoms with E-state index in [0.29, 0.717) is 5.56 Å². The molecular formula is C17H20BrNO3S. The highest BCUT2D eigenvalue weighted by Crippen LogP contribution is 2.22. The molecule has 2 rings (SSSR count). The van der Waals surface area contributed by atoms with E-state index in [1.165, 1.54) is 0 Å². The number of hydrogen-bond acceptors (Lipinski definition) is 3. The van der Waals surface area contributed by atoms with Crippen molar-refractivity contribution in [3.8, 4) is 0 Å². The van der Waals surface area contributed by atoms with E-state index in [2.05, 4.69) is 20.7 Å². The fourth-order valence-corrected chi connectivity index (χ4v) is 3.72. The predicted molar refractivity (Wildman–Crippen MR) is 95.5 cm³/mol. The molecule has 0 amide bonds. The molecule has 0 aliphatic heterocycles. The van der Waals surface area contributed by atoms with Crippen molar-refractivity contribution >= 4 is 26.0 Å². The molecule has 0 aromatic heterocycles. The molecule has 0 heterocycles. The summed E-state index contributed by atoms with van der Waals surface area (Å²) in [6, 6.07) is 14.5. The van der Waals surface area contributed by atoms with E-state index in [1.807, 2.05) is 37.3 Å². The molecule has 124 valence electrons. The molecule has 4 nitrogen and oxygen atoms in total. The second kappa shape index (κ2) is 7.13. The zero-order valence-corrected chi connectivity index (χ0v) is 15.5. The van der Waals surface area contributed by atoms with E-state index in [1.54, 1.807) is 25.1 Å². The summed E-state index contributed by atoms with van der Waals surface area (Å²) < 4.78 is 27.8. The molecule has 1 unspecified atom stereocenters. The lowest BCUT2D eigenvalue weighted by Crippen LogP contribution is -2.39. The van der Waals surface area contributed by atoms with Gasteiger partial charge in [0.05, 0.1) is 5.75 Å². The van der Waals surface area contributed by atoms with Gasteiger partial charge in [0.2, 0.25) is 10.0 Å². The number of nitrogens with one attached hydrogen (secondary N) is 1. The molecule has 0 radical (unpaired) electrons. The molecule has 0 aliphatic carbocycles. The summed E-state index contributed by atoms with van der Waals surface area (Å²) >= 11 is 3.33.